The molecule has 0 radical (unpaired) electrons. The molecule has 0 heterocycles. The van der Waals surface area contributed by atoms with Crippen LogP contribution in [-0.4, -0.2) is 6.04 Å². The average Bonchev–Trinajstić information content (AvgIpc) is 2.45. The Kier molecular flexibility index (Phi) is 5.26. The van der Waals surface area contributed by atoms with Gasteiger partial charge in [0.1, 0.15) is 0 Å². The highest BCUT2D eigenvalue weighted by atomic mass is 14.9. The van der Waals surface area contributed by atoms with Crippen molar-refractivity contribution in [2.75, 3.05) is 0 Å². The molecule has 2 rings (SSSR count). The minimum absolute atomic E-state index is 0.251. The molecule has 1 nitrogen and oxygen atoms in total. The monoisotopic (exact) mass is 273 g/mol. The van der Waals surface area contributed by atoms with Crippen molar-refractivity contribution in [3.63, 3.8) is 0 Å². The lowest BCUT2D eigenvalue weighted by molar-refractivity contribution is 0.280. The van der Waals surface area contributed by atoms with Crippen LogP contribution in [0.1, 0.15) is 70.9 Å². The summed E-state index contributed by atoms with van der Waals surface area (Å²) in [6.07, 6.45) is 7.12. The molecule has 1 aromatic rings. The first-order chi connectivity index (χ1) is 9.47. The van der Waals surface area contributed by atoms with Crippen LogP contribution in [0, 0.1) is 5.92 Å². The molecule has 0 amide bonds. The number of benzene rings is 1. The van der Waals surface area contributed by atoms with E-state index in [4.69, 9.17) is 0 Å². The maximum Gasteiger partial charge on any atom is 0.0208 e. The molecule has 0 aromatic heterocycles. The lowest BCUT2D eigenvalue weighted by atomic mass is 9.84. The lowest BCUT2D eigenvalue weighted by Crippen LogP contribution is -2.34. The zero-order chi connectivity index (χ0) is 14.6. The topological polar surface area (TPSA) is 12.0 Å². The van der Waals surface area contributed by atoms with E-state index in [1.54, 1.807) is 0 Å². The van der Waals surface area contributed by atoms with Crippen LogP contribution in [-0.2, 0) is 12.0 Å². The molecule has 0 spiro atoms. The second-order valence-corrected chi connectivity index (χ2v) is 7.51. The van der Waals surface area contributed by atoms with E-state index < -0.39 is 0 Å². The van der Waals surface area contributed by atoms with Crippen molar-refractivity contribution in [2.24, 2.45) is 5.92 Å². The summed E-state index contributed by atoms with van der Waals surface area (Å²) in [6, 6.07) is 9.77. The largest absolute Gasteiger partial charge is 0.310 e. The Bertz CT molecular complexity index is 393. The minimum atomic E-state index is 0.251. The molecule has 1 saturated carbocycles. The second kappa shape index (κ2) is 6.76. The van der Waals surface area contributed by atoms with Gasteiger partial charge in [-0.05, 0) is 42.2 Å². The molecule has 1 aliphatic carbocycles. The maximum atomic E-state index is 3.73. The second-order valence-electron chi connectivity index (χ2n) is 7.51. The number of nitrogens with one attached hydrogen (secondary N) is 1. The summed E-state index contributed by atoms with van der Waals surface area (Å²) in [4.78, 5) is 0. The quantitative estimate of drug-likeness (QED) is 0.810. The van der Waals surface area contributed by atoms with Gasteiger partial charge in [0.15, 0.2) is 0 Å². The first kappa shape index (κ1) is 15.6. The van der Waals surface area contributed by atoms with Gasteiger partial charge in [-0.3, -0.25) is 0 Å². The van der Waals surface area contributed by atoms with Crippen molar-refractivity contribution in [3.05, 3.63) is 35.4 Å². The standard InChI is InChI=1S/C19H31N/c1-15(17-8-6-5-7-9-17)20-14-16-10-12-18(13-11-16)19(2,3)4/h10-13,15,17,20H,5-9,14H2,1-4H3/t15-/m1/s1. The predicted octanol–water partition coefficient (Wildman–Crippen LogP) is 5.04. The summed E-state index contributed by atoms with van der Waals surface area (Å²) in [6.45, 7) is 10.2. The highest BCUT2D eigenvalue weighted by Crippen LogP contribution is 2.26. The Hall–Kier alpha value is -0.820. The molecule has 0 bridgehead atoms. The van der Waals surface area contributed by atoms with Crippen LogP contribution in [0.3, 0.4) is 0 Å². The molecule has 0 aliphatic heterocycles. The van der Waals surface area contributed by atoms with Gasteiger partial charge in [0.25, 0.3) is 0 Å². The van der Waals surface area contributed by atoms with Crippen LogP contribution in [0.15, 0.2) is 24.3 Å². The Morgan fingerprint density at radius 3 is 2.20 bits per heavy atom. The van der Waals surface area contributed by atoms with Gasteiger partial charge in [-0.15, -0.1) is 0 Å². The van der Waals surface area contributed by atoms with Crippen molar-refractivity contribution >= 4 is 0 Å². The van der Waals surface area contributed by atoms with Gasteiger partial charge < -0.3 is 5.32 Å². The summed E-state index contributed by atoms with van der Waals surface area (Å²) in [5, 5.41) is 3.73. The third-order valence-corrected chi connectivity index (χ3v) is 4.81. The van der Waals surface area contributed by atoms with Crippen LogP contribution >= 0.6 is 0 Å². The van der Waals surface area contributed by atoms with Crippen LogP contribution in [0.2, 0.25) is 0 Å². The van der Waals surface area contributed by atoms with Crippen molar-refractivity contribution in [3.8, 4) is 0 Å². The van der Waals surface area contributed by atoms with E-state index in [2.05, 4.69) is 57.3 Å². The summed E-state index contributed by atoms with van der Waals surface area (Å²) in [5.41, 5.74) is 3.07. The predicted molar refractivity (Wildman–Crippen MR) is 88.0 cm³/mol. The van der Waals surface area contributed by atoms with Crippen LogP contribution in [0.4, 0.5) is 0 Å². The fourth-order valence-corrected chi connectivity index (χ4v) is 3.20. The SMILES string of the molecule is C[C@@H](NCc1ccc(C(C)(C)C)cc1)C1CCCCC1. The van der Waals surface area contributed by atoms with Gasteiger partial charge in [-0.2, -0.15) is 0 Å². The van der Waals surface area contributed by atoms with Gasteiger partial charge in [0, 0.05) is 12.6 Å². The van der Waals surface area contributed by atoms with Crippen molar-refractivity contribution in [1.29, 1.82) is 0 Å². The van der Waals surface area contributed by atoms with E-state index in [-0.39, 0.29) is 5.41 Å². The molecule has 0 saturated heterocycles. The minimum Gasteiger partial charge on any atom is -0.310 e. The maximum absolute atomic E-state index is 3.73. The van der Waals surface area contributed by atoms with Gasteiger partial charge in [-0.1, -0.05) is 64.3 Å². The van der Waals surface area contributed by atoms with E-state index in [1.165, 1.54) is 43.2 Å². The van der Waals surface area contributed by atoms with Gasteiger partial charge in [-0.25, -0.2) is 0 Å². The van der Waals surface area contributed by atoms with Crippen molar-refractivity contribution in [2.45, 2.75) is 77.8 Å². The summed E-state index contributed by atoms with van der Waals surface area (Å²) in [5.74, 6) is 0.887. The smallest absolute Gasteiger partial charge is 0.0208 e. The molecular weight excluding hydrogens is 242 g/mol. The summed E-state index contributed by atoms with van der Waals surface area (Å²) in [7, 11) is 0. The normalized spacial score (nSPS) is 19.0. The molecule has 1 aromatic carbocycles. The van der Waals surface area contributed by atoms with Gasteiger partial charge >= 0.3 is 0 Å². The zero-order valence-corrected chi connectivity index (χ0v) is 13.7. The van der Waals surface area contributed by atoms with E-state index in [0.717, 1.165) is 12.5 Å². The Morgan fingerprint density at radius 1 is 1.05 bits per heavy atom. The molecule has 1 heteroatoms. The summed E-state index contributed by atoms with van der Waals surface area (Å²) >= 11 is 0. The number of hydrogen-bond donors (Lipinski definition) is 1. The molecular formula is C19H31N. The van der Waals surface area contributed by atoms with Crippen LogP contribution < -0.4 is 5.32 Å². The highest BCUT2D eigenvalue weighted by Gasteiger charge is 2.19. The molecule has 112 valence electrons. The fraction of sp³-hybridized carbons (Fsp3) is 0.684. The third-order valence-electron chi connectivity index (χ3n) is 4.81. The molecule has 1 aliphatic rings. The lowest BCUT2D eigenvalue weighted by Gasteiger charge is -2.28. The molecule has 1 N–H and O–H groups in total. The van der Waals surface area contributed by atoms with Gasteiger partial charge in [0.2, 0.25) is 0 Å². The number of rotatable bonds is 4. The first-order valence-corrected chi connectivity index (χ1v) is 8.29. The van der Waals surface area contributed by atoms with Crippen LogP contribution in [0.25, 0.3) is 0 Å². The Morgan fingerprint density at radius 2 is 1.65 bits per heavy atom. The van der Waals surface area contributed by atoms with Crippen LogP contribution in [0.5, 0.6) is 0 Å². The van der Waals surface area contributed by atoms with E-state index in [1.807, 2.05) is 0 Å². The Labute approximate surface area is 125 Å². The third kappa shape index (κ3) is 4.34. The number of hydrogen-bond acceptors (Lipinski definition) is 1. The summed E-state index contributed by atoms with van der Waals surface area (Å²) < 4.78 is 0. The van der Waals surface area contributed by atoms with Crippen molar-refractivity contribution in [1.82, 2.24) is 5.32 Å². The molecule has 1 fully saturated rings. The van der Waals surface area contributed by atoms with Gasteiger partial charge in [0.05, 0.1) is 0 Å². The molecule has 0 unspecified atom stereocenters. The fourth-order valence-electron chi connectivity index (χ4n) is 3.20. The molecule has 1 atom stereocenters. The molecule has 20 heavy (non-hydrogen) atoms. The average molecular weight is 273 g/mol. The van der Waals surface area contributed by atoms with E-state index in [0.29, 0.717) is 6.04 Å². The Balaban J connectivity index is 1.84. The van der Waals surface area contributed by atoms with E-state index in [9.17, 15) is 0 Å². The van der Waals surface area contributed by atoms with Crippen molar-refractivity contribution < 1.29 is 0 Å². The van der Waals surface area contributed by atoms with E-state index >= 15 is 0 Å². The highest BCUT2D eigenvalue weighted by molar-refractivity contribution is 5.27. The zero-order valence-electron chi connectivity index (χ0n) is 13.7. The first-order valence-electron chi connectivity index (χ1n) is 8.29.